The third kappa shape index (κ3) is 6.02. The summed E-state index contributed by atoms with van der Waals surface area (Å²) in [7, 11) is 0. The first kappa shape index (κ1) is 22.7. The zero-order valence-electron chi connectivity index (χ0n) is 16.5. The topological polar surface area (TPSA) is 62.1 Å². The van der Waals surface area contributed by atoms with Gasteiger partial charge in [-0.05, 0) is 48.9 Å². The van der Waals surface area contributed by atoms with Gasteiger partial charge in [-0.1, -0.05) is 70.7 Å². The molecule has 4 nitrogen and oxygen atoms in total. The largest absolute Gasteiger partial charge is 0.486 e. The van der Waals surface area contributed by atoms with Crippen molar-refractivity contribution in [2.45, 2.75) is 13.5 Å². The fraction of sp³-hybridized carbons (Fsp3) is 0.0833. The number of anilines is 1. The quantitative estimate of drug-likeness (QED) is 0.308. The summed E-state index contributed by atoms with van der Waals surface area (Å²) in [4.78, 5) is 12.5. The predicted octanol–water partition coefficient (Wildman–Crippen LogP) is 7.08. The number of carbonyl (C=O) groups is 1. The van der Waals surface area contributed by atoms with Gasteiger partial charge in [0.2, 0.25) is 0 Å². The number of ether oxygens (including phenoxy) is 1. The highest BCUT2D eigenvalue weighted by molar-refractivity contribution is 6.37. The molecule has 3 aromatic carbocycles. The summed E-state index contributed by atoms with van der Waals surface area (Å²) >= 11 is 18.8. The molecule has 0 saturated heterocycles. The van der Waals surface area contributed by atoms with Gasteiger partial charge in [0.25, 0.3) is 5.91 Å². The number of benzene rings is 3. The molecule has 0 heterocycles. The summed E-state index contributed by atoms with van der Waals surface area (Å²) in [5, 5.41) is 13.2. The van der Waals surface area contributed by atoms with E-state index in [1.807, 2.05) is 43.3 Å². The van der Waals surface area contributed by atoms with E-state index in [1.165, 1.54) is 6.08 Å². The minimum atomic E-state index is -0.530. The molecule has 0 saturated carbocycles. The first-order chi connectivity index (χ1) is 14.9. The number of nitrogens with one attached hydrogen (secondary N) is 1. The lowest BCUT2D eigenvalue weighted by Crippen LogP contribution is -2.13. The molecule has 1 N–H and O–H groups in total. The molecule has 0 radical (unpaired) electrons. The predicted molar refractivity (Wildman–Crippen MR) is 126 cm³/mol. The monoisotopic (exact) mass is 470 g/mol. The van der Waals surface area contributed by atoms with E-state index < -0.39 is 5.91 Å². The first-order valence-corrected chi connectivity index (χ1v) is 10.4. The molecule has 0 fully saturated rings. The van der Waals surface area contributed by atoms with E-state index in [0.29, 0.717) is 22.0 Å². The number of rotatable bonds is 6. The highest BCUT2D eigenvalue weighted by Gasteiger charge is 2.13. The van der Waals surface area contributed by atoms with Crippen molar-refractivity contribution >= 4 is 52.5 Å². The van der Waals surface area contributed by atoms with Crippen molar-refractivity contribution in [1.29, 1.82) is 5.26 Å². The molecule has 7 heteroatoms. The van der Waals surface area contributed by atoms with Crippen LogP contribution >= 0.6 is 34.8 Å². The molecular weight excluding hydrogens is 455 g/mol. The van der Waals surface area contributed by atoms with Gasteiger partial charge in [0.15, 0.2) is 5.75 Å². The van der Waals surface area contributed by atoms with Gasteiger partial charge in [-0.3, -0.25) is 4.79 Å². The smallest absolute Gasteiger partial charge is 0.266 e. The van der Waals surface area contributed by atoms with Crippen LogP contribution in [0, 0.1) is 18.3 Å². The molecule has 31 heavy (non-hydrogen) atoms. The van der Waals surface area contributed by atoms with Crippen molar-refractivity contribution in [2.75, 3.05) is 5.32 Å². The van der Waals surface area contributed by atoms with Gasteiger partial charge in [-0.25, -0.2) is 0 Å². The number of hydrogen-bond donors (Lipinski definition) is 1. The van der Waals surface area contributed by atoms with Gasteiger partial charge in [0.1, 0.15) is 18.2 Å². The van der Waals surface area contributed by atoms with Crippen molar-refractivity contribution in [2.24, 2.45) is 0 Å². The lowest BCUT2D eigenvalue weighted by Gasteiger charge is -2.12. The lowest BCUT2D eigenvalue weighted by molar-refractivity contribution is -0.112. The summed E-state index contributed by atoms with van der Waals surface area (Å²) in [6, 6.07) is 19.6. The van der Waals surface area contributed by atoms with Crippen molar-refractivity contribution in [3.05, 3.63) is 98.0 Å². The maximum Gasteiger partial charge on any atom is 0.266 e. The number of halogens is 3. The summed E-state index contributed by atoms with van der Waals surface area (Å²) in [6.07, 6.45) is 1.42. The first-order valence-electron chi connectivity index (χ1n) is 9.22. The Kier molecular flexibility index (Phi) is 7.59. The van der Waals surface area contributed by atoms with Crippen molar-refractivity contribution in [3.63, 3.8) is 0 Å². The Hall–Kier alpha value is -2.97. The van der Waals surface area contributed by atoms with Crippen LogP contribution in [0.3, 0.4) is 0 Å². The van der Waals surface area contributed by atoms with E-state index in [9.17, 15) is 10.1 Å². The van der Waals surface area contributed by atoms with Crippen LogP contribution < -0.4 is 10.1 Å². The number of hydrogen-bond acceptors (Lipinski definition) is 3. The van der Waals surface area contributed by atoms with Gasteiger partial charge in [-0.2, -0.15) is 5.26 Å². The Labute approximate surface area is 195 Å². The zero-order valence-corrected chi connectivity index (χ0v) is 18.7. The summed E-state index contributed by atoms with van der Waals surface area (Å²) in [6.45, 7) is 2.14. The maximum atomic E-state index is 12.5. The van der Waals surface area contributed by atoms with E-state index in [4.69, 9.17) is 39.5 Å². The van der Waals surface area contributed by atoms with Crippen LogP contribution in [0.25, 0.3) is 6.08 Å². The van der Waals surface area contributed by atoms with Gasteiger partial charge < -0.3 is 10.1 Å². The number of aryl methyl sites for hydroxylation is 1. The SMILES string of the molecule is Cc1ccc(NC(=O)/C(C#N)=C/c2cc(Cl)c(OCc3ccccc3Cl)c(Cl)c2)cc1. The van der Waals surface area contributed by atoms with Crippen LogP contribution in [0.2, 0.25) is 15.1 Å². The van der Waals surface area contributed by atoms with E-state index >= 15 is 0 Å². The van der Waals surface area contributed by atoms with Crippen molar-refractivity contribution < 1.29 is 9.53 Å². The molecule has 3 rings (SSSR count). The van der Waals surface area contributed by atoms with Crippen molar-refractivity contribution in [3.8, 4) is 11.8 Å². The molecule has 0 aliphatic rings. The van der Waals surface area contributed by atoms with Crippen LogP contribution in [-0.4, -0.2) is 5.91 Å². The Morgan fingerprint density at radius 3 is 2.29 bits per heavy atom. The molecule has 3 aromatic rings. The van der Waals surface area contributed by atoms with Gasteiger partial charge in [0.05, 0.1) is 10.0 Å². The third-order valence-electron chi connectivity index (χ3n) is 4.34. The summed E-state index contributed by atoms with van der Waals surface area (Å²) < 4.78 is 5.74. The van der Waals surface area contributed by atoms with Crippen molar-refractivity contribution in [1.82, 2.24) is 0 Å². The molecular formula is C24H17Cl3N2O2. The maximum absolute atomic E-state index is 12.5. The minimum absolute atomic E-state index is 0.0857. The van der Waals surface area contributed by atoms with Crippen LogP contribution in [-0.2, 0) is 11.4 Å². The average molecular weight is 472 g/mol. The molecule has 0 aromatic heterocycles. The molecule has 0 aliphatic carbocycles. The van der Waals surface area contributed by atoms with Gasteiger partial charge >= 0.3 is 0 Å². The van der Waals surface area contributed by atoms with Crippen LogP contribution in [0.4, 0.5) is 5.69 Å². The van der Waals surface area contributed by atoms with E-state index in [2.05, 4.69) is 5.32 Å². The van der Waals surface area contributed by atoms with E-state index in [0.717, 1.165) is 11.1 Å². The Bertz CT molecular complexity index is 1160. The molecule has 1 amide bonds. The Balaban J connectivity index is 1.77. The van der Waals surface area contributed by atoms with Gasteiger partial charge in [-0.15, -0.1) is 0 Å². The van der Waals surface area contributed by atoms with E-state index in [1.54, 1.807) is 30.3 Å². The fourth-order valence-corrected chi connectivity index (χ4v) is 3.52. The molecule has 0 unspecified atom stereocenters. The number of nitrogens with zero attached hydrogens (tertiary/aromatic N) is 1. The molecule has 0 atom stereocenters. The second-order valence-electron chi connectivity index (χ2n) is 6.68. The third-order valence-corrected chi connectivity index (χ3v) is 5.27. The van der Waals surface area contributed by atoms with Crippen LogP contribution in [0.5, 0.6) is 5.75 Å². The Morgan fingerprint density at radius 2 is 1.68 bits per heavy atom. The van der Waals surface area contributed by atoms with Gasteiger partial charge in [0, 0.05) is 16.3 Å². The summed E-state index contributed by atoms with van der Waals surface area (Å²) in [5.41, 5.74) is 2.86. The minimum Gasteiger partial charge on any atom is -0.486 e. The lowest BCUT2D eigenvalue weighted by atomic mass is 10.1. The fourth-order valence-electron chi connectivity index (χ4n) is 2.72. The standard InChI is InChI=1S/C24H17Cl3N2O2/c1-15-6-8-19(9-7-15)29-24(30)18(13-28)10-16-11-21(26)23(22(27)12-16)31-14-17-4-2-3-5-20(17)25/h2-12H,14H2,1H3,(H,29,30)/b18-10+. The molecule has 0 aliphatic heterocycles. The average Bonchev–Trinajstić information content (AvgIpc) is 2.74. The molecule has 156 valence electrons. The van der Waals surface area contributed by atoms with E-state index in [-0.39, 0.29) is 22.2 Å². The number of carbonyl (C=O) groups excluding carboxylic acids is 1. The zero-order chi connectivity index (χ0) is 22.4. The molecule has 0 spiro atoms. The van der Waals surface area contributed by atoms with Crippen LogP contribution in [0.1, 0.15) is 16.7 Å². The second-order valence-corrected chi connectivity index (χ2v) is 7.91. The van der Waals surface area contributed by atoms with Crippen LogP contribution in [0.15, 0.2) is 66.2 Å². The number of amides is 1. The molecule has 0 bridgehead atoms. The highest BCUT2D eigenvalue weighted by Crippen LogP contribution is 2.36. The summed E-state index contributed by atoms with van der Waals surface area (Å²) in [5.74, 6) is -0.235. The normalized spacial score (nSPS) is 11.0. The highest BCUT2D eigenvalue weighted by atomic mass is 35.5. The number of nitriles is 1. The second kappa shape index (κ2) is 10.4. The Morgan fingerprint density at radius 1 is 1.03 bits per heavy atom.